The second kappa shape index (κ2) is 8.08. The molecule has 1 saturated heterocycles. The number of amides is 2. The van der Waals surface area contributed by atoms with Crippen LogP contribution in [0.4, 0.5) is 4.79 Å². The highest BCUT2D eigenvalue weighted by molar-refractivity contribution is 6.42. The molecule has 7 nitrogen and oxygen atoms in total. The van der Waals surface area contributed by atoms with Gasteiger partial charge >= 0.3 is 6.09 Å². The van der Waals surface area contributed by atoms with Crippen LogP contribution >= 0.6 is 23.2 Å². The third-order valence-corrected chi connectivity index (χ3v) is 5.10. The lowest BCUT2D eigenvalue weighted by Gasteiger charge is -2.39. The Morgan fingerprint density at radius 3 is 2.57 bits per heavy atom. The summed E-state index contributed by atoms with van der Waals surface area (Å²) in [5, 5.41) is 10.3. The van der Waals surface area contributed by atoms with Crippen molar-refractivity contribution in [2.75, 3.05) is 13.6 Å². The average molecular weight is 423 g/mol. The van der Waals surface area contributed by atoms with Gasteiger partial charge in [0.2, 0.25) is 5.78 Å². The Labute approximate surface area is 171 Å². The Bertz CT molecular complexity index is 950. The van der Waals surface area contributed by atoms with Crippen LogP contribution in [0.2, 0.25) is 10.0 Å². The van der Waals surface area contributed by atoms with Crippen LogP contribution in [0.25, 0.3) is 0 Å². The average Bonchev–Trinajstić information content (AvgIpc) is 2.67. The van der Waals surface area contributed by atoms with Gasteiger partial charge in [-0.15, -0.1) is 0 Å². The number of benzene rings is 2. The Morgan fingerprint density at radius 2 is 1.89 bits per heavy atom. The second-order valence-electron chi connectivity index (χ2n) is 6.20. The molecule has 2 amide bonds. The summed E-state index contributed by atoms with van der Waals surface area (Å²) in [5.41, 5.74) is 1.22. The number of nitrogens with zero attached hydrogens (tertiary/aromatic N) is 2. The number of likely N-dealkylation sites (N-methyl/N-ethyl adjacent to an activating group) is 1. The number of halogens is 2. The summed E-state index contributed by atoms with van der Waals surface area (Å²) in [6, 6.07) is 11.8. The van der Waals surface area contributed by atoms with Crippen molar-refractivity contribution in [3.8, 4) is 5.75 Å². The van der Waals surface area contributed by atoms with Crippen LogP contribution in [0.5, 0.6) is 5.75 Å². The lowest BCUT2D eigenvalue weighted by Crippen LogP contribution is -2.55. The fraction of sp³-hybridized carbons (Fsp3) is 0.211. The van der Waals surface area contributed by atoms with Gasteiger partial charge in [0.1, 0.15) is 18.5 Å². The van der Waals surface area contributed by atoms with E-state index in [1.165, 1.54) is 7.05 Å². The van der Waals surface area contributed by atoms with E-state index in [9.17, 15) is 19.5 Å². The van der Waals surface area contributed by atoms with Crippen LogP contribution < -0.4 is 4.74 Å². The summed E-state index contributed by atoms with van der Waals surface area (Å²) in [6.45, 7) is -0.353. The number of hydrogen-bond acceptors (Lipinski definition) is 4. The van der Waals surface area contributed by atoms with E-state index in [-0.39, 0.29) is 6.61 Å². The molecule has 1 N–H and O–H groups in total. The smallest absolute Gasteiger partial charge is 0.409 e. The van der Waals surface area contributed by atoms with Gasteiger partial charge < -0.3 is 14.7 Å². The number of carboxylic acid groups (broad SMARTS) is 1. The number of para-hydroxylation sites is 1. The van der Waals surface area contributed by atoms with Crippen LogP contribution in [0.1, 0.15) is 17.3 Å². The van der Waals surface area contributed by atoms with Crippen molar-refractivity contribution < 1.29 is 24.2 Å². The van der Waals surface area contributed by atoms with E-state index in [0.29, 0.717) is 21.4 Å². The first-order valence-electron chi connectivity index (χ1n) is 8.24. The first kappa shape index (κ1) is 20.0. The van der Waals surface area contributed by atoms with Gasteiger partial charge in [0.25, 0.3) is 5.91 Å². The summed E-state index contributed by atoms with van der Waals surface area (Å²) in [6.07, 6.45) is -2.29. The van der Waals surface area contributed by atoms with Gasteiger partial charge in [-0.25, -0.2) is 4.79 Å². The largest absolute Gasteiger partial charge is 0.488 e. The normalized spacial score (nSPS) is 17.0. The molecule has 1 unspecified atom stereocenters. The lowest BCUT2D eigenvalue weighted by molar-refractivity contribution is -0.153. The van der Waals surface area contributed by atoms with Gasteiger partial charge in [0, 0.05) is 12.6 Å². The highest BCUT2D eigenvalue weighted by Gasteiger charge is 2.41. The summed E-state index contributed by atoms with van der Waals surface area (Å²) < 4.78 is 5.87. The first-order chi connectivity index (χ1) is 13.3. The van der Waals surface area contributed by atoms with E-state index >= 15 is 0 Å². The Kier molecular flexibility index (Phi) is 5.76. The quantitative estimate of drug-likeness (QED) is 0.760. The molecule has 2 aromatic rings. The molecule has 0 radical (unpaired) electrons. The van der Waals surface area contributed by atoms with E-state index in [4.69, 9.17) is 27.9 Å². The molecule has 3 rings (SSSR count). The first-order valence-corrected chi connectivity index (χ1v) is 9.00. The van der Waals surface area contributed by atoms with Crippen LogP contribution in [0.3, 0.4) is 0 Å². The minimum Gasteiger partial charge on any atom is -0.488 e. The zero-order valence-electron chi connectivity index (χ0n) is 14.8. The fourth-order valence-electron chi connectivity index (χ4n) is 2.99. The third kappa shape index (κ3) is 3.90. The molecule has 1 aliphatic heterocycles. The molecular formula is C19H16Cl2N2O5. The molecule has 1 atom stereocenters. The monoisotopic (exact) mass is 422 g/mol. The van der Waals surface area contributed by atoms with Crippen molar-refractivity contribution in [2.24, 2.45) is 0 Å². The molecule has 0 saturated carbocycles. The summed E-state index contributed by atoms with van der Waals surface area (Å²) in [5.74, 6) is -1.14. The van der Waals surface area contributed by atoms with Gasteiger partial charge in [-0.2, -0.15) is 0 Å². The highest BCUT2D eigenvalue weighted by Crippen LogP contribution is 2.34. The molecule has 28 heavy (non-hydrogen) atoms. The lowest BCUT2D eigenvalue weighted by atomic mass is 10.1. The molecule has 1 aliphatic rings. The Hall–Kier alpha value is -2.77. The standard InChI is InChI=1S/C19H16Cl2N2O5/c1-22-17(23(19(26)27)9-15(24)18(22)25)12-4-2-3-5-16(12)28-10-11-6-7-13(20)14(21)8-11/h2-8,17H,9-10H2,1H3,(H,26,27). The van der Waals surface area contributed by atoms with Crippen LogP contribution in [-0.2, 0) is 16.2 Å². The molecule has 2 aromatic carbocycles. The molecular weight excluding hydrogens is 407 g/mol. The SMILES string of the molecule is CN1C(=O)C(=O)CN(C(=O)O)C1c1ccccc1OCc1ccc(Cl)c(Cl)c1. The Balaban J connectivity index is 1.91. The highest BCUT2D eigenvalue weighted by atomic mass is 35.5. The van der Waals surface area contributed by atoms with Gasteiger partial charge in [0.15, 0.2) is 0 Å². The van der Waals surface area contributed by atoms with Gasteiger partial charge in [0.05, 0.1) is 16.6 Å². The summed E-state index contributed by atoms with van der Waals surface area (Å²) in [4.78, 5) is 37.6. The van der Waals surface area contributed by atoms with Gasteiger partial charge in [-0.3, -0.25) is 14.5 Å². The molecule has 1 heterocycles. The number of ether oxygens (including phenoxy) is 1. The fourth-order valence-corrected chi connectivity index (χ4v) is 3.31. The van der Waals surface area contributed by atoms with Crippen molar-refractivity contribution in [3.05, 3.63) is 63.6 Å². The predicted octanol–water partition coefficient (Wildman–Crippen LogP) is 3.59. The van der Waals surface area contributed by atoms with Crippen molar-refractivity contribution in [2.45, 2.75) is 12.8 Å². The minimum absolute atomic E-state index is 0.157. The van der Waals surface area contributed by atoms with Crippen molar-refractivity contribution in [1.29, 1.82) is 0 Å². The maximum absolute atomic E-state index is 12.1. The maximum Gasteiger partial charge on any atom is 0.409 e. The van der Waals surface area contributed by atoms with Crippen LogP contribution in [0.15, 0.2) is 42.5 Å². The van der Waals surface area contributed by atoms with E-state index in [2.05, 4.69) is 0 Å². The Morgan fingerprint density at radius 1 is 1.18 bits per heavy atom. The zero-order valence-corrected chi connectivity index (χ0v) is 16.3. The molecule has 0 spiro atoms. The molecule has 0 aromatic heterocycles. The number of carbonyl (C=O) groups is 3. The van der Waals surface area contributed by atoms with Crippen molar-refractivity contribution >= 4 is 41.0 Å². The molecule has 1 fully saturated rings. The van der Waals surface area contributed by atoms with Crippen molar-refractivity contribution in [1.82, 2.24) is 9.80 Å². The predicted molar refractivity (Wildman–Crippen MR) is 102 cm³/mol. The van der Waals surface area contributed by atoms with E-state index in [1.54, 1.807) is 42.5 Å². The number of hydrogen-bond donors (Lipinski definition) is 1. The zero-order chi connectivity index (χ0) is 20.4. The second-order valence-corrected chi connectivity index (χ2v) is 7.01. The van der Waals surface area contributed by atoms with Gasteiger partial charge in [-0.1, -0.05) is 47.5 Å². The third-order valence-electron chi connectivity index (χ3n) is 4.36. The molecule has 0 aliphatic carbocycles. The summed E-state index contributed by atoms with van der Waals surface area (Å²) >= 11 is 11.9. The topological polar surface area (TPSA) is 87.2 Å². The van der Waals surface area contributed by atoms with Gasteiger partial charge in [-0.05, 0) is 23.8 Å². The molecule has 0 bridgehead atoms. The summed E-state index contributed by atoms with van der Waals surface area (Å²) in [7, 11) is 1.38. The van der Waals surface area contributed by atoms with Crippen molar-refractivity contribution in [3.63, 3.8) is 0 Å². The van der Waals surface area contributed by atoms with E-state index in [0.717, 1.165) is 15.4 Å². The maximum atomic E-state index is 12.1. The minimum atomic E-state index is -1.31. The van der Waals surface area contributed by atoms with E-state index in [1.807, 2.05) is 0 Å². The van der Waals surface area contributed by atoms with E-state index < -0.39 is 30.5 Å². The number of ketones is 1. The van der Waals surface area contributed by atoms with Crippen LogP contribution in [0, 0.1) is 0 Å². The number of Topliss-reactive ketones (excluding diaryl/α,β-unsaturated/α-hetero) is 1. The molecule has 9 heteroatoms. The molecule has 146 valence electrons. The van der Waals surface area contributed by atoms with Crippen LogP contribution in [-0.4, -0.2) is 46.3 Å². The number of rotatable bonds is 4. The number of carbonyl (C=O) groups excluding carboxylic acids is 2.